The molecule has 0 aliphatic carbocycles. The number of halogens is 3. The van der Waals surface area contributed by atoms with Gasteiger partial charge in [-0.15, -0.1) is 0 Å². The van der Waals surface area contributed by atoms with Gasteiger partial charge in [-0.2, -0.15) is 13.2 Å². The molecule has 4 aromatic rings. The first kappa shape index (κ1) is 22.8. The van der Waals surface area contributed by atoms with Gasteiger partial charge in [0.05, 0.1) is 23.4 Å². The highest BCUT2D eigenvalue weighted by molar-refractivity contribution is 6.03. The lowest BCUT2D eigenvalue weighted by molar-refractivity contribution is -0.136. The van der Waals surface area contributed by atoms with Gasteiger partial charge < -0.3 is 15.1 Å². The Morgan fingerprint density at radius 3 is 1.91 bits per heavy atom. The summed E-state index contributed by atoms with van der Waals surface area (Å²) < 4.78 is 46.5. The van der Waals surface area contributed by atoms with Gasteiger partial charge in [0.1, 0.15) is 0 Å². The molecule has 1 heterocycles. The predicted molar refractivity (Wildman–Crippen MR) is 121 cm³/mol. The minimum Gasteiger partial charge on any atom is -0.459 e. The average molecular weight is 464 g/mol. The molecule has 0 unspecified atom stereocenters. The van der Waals surface area contributed by atoms with Crippen molar-refractivity contribution < 1.29 is 27.2 Å². The molecule has 3 aromatic carbocycles. The number of hydrogen-bond donors (Lipinski definition) is 2. The third-order valence-electron chi connectivity index (χ3n) is 5.11. The van der Waals surface area contributed by atoms with Crippen molar-refractivity contribution in [2.45, 2.75) is 12.1 Å². The van der Waals surface area contributed by atoms with Gasteiger partial charge in [-0.1, -0.05) is 60.7 Å². The summed E-state index contributed by atoms with van der Waals surface area (Å²) in [6.07, 6.45) is -3.49. The molecule has 2 N–H and O–H groups in total. The van der Waals surface area contributed by atoms with Crippen molar-refractivity contribution in [2.75, 3.05) is 10.6 Å². The van der Waals surface area contributed by atoms with Crippen molar-refractivity contribution in [3.8, 4) is 0 Å². The lowest BCUT2D eigenvalue weighted by atomic mass is 9.90. The molecule has 0 saturated carbocycles. The minimum absolute atomic E-state index is 0.0421. The SMILES string of the molecule is O=C(Nc1ccc(NC(=O)C(c2ccccc2)c2ccccc2)c(C(F)(F)F)c1)c1ccco1. The number of anilines is 2. The van der Waals surface area contributed by atoms with Crippen molar-refractivity contribution in [1.82, 2.24) is 0 Å². The van der Waals surface area contributed by atoms with Crippen LogP contribution in [0.15, 0.2) is 102 Å². The lowest BCUT2D eigenvalue weighted by Crippen LogP contribution is -2.24. The second kappa shape index (κ2) is 9.66. The first-order valence-corrected chi connectivity index (χ1v) is 10.3. The van der Waals surface area contributed by atoms with E-state index in [-0.39, 0.29) is 11.4 Å². The zero-order valence-electron chi connectivity index (χ0n) is 17.7. The summed E-state index contributed by atoms with van der Waals surface area (Å²) in [5.41, 5.74) is -0.304. The molecule has 8 heteroatoms. The van der Waals surface area contributed by atoms with Crippen molar-refractivity contribution >= 4 is 23.2 Å². The average Bonchev–Trinajstić information content (AvgIpc) is 3.36. The molecule has 0 saturated heterocycles. The number of carbonyl (C=O) groups excluding carboxylic acids is 2. The highest BCUT2D eigenvalue weighted by Crippen LogP contribution is 2.37. The van der Waals surface area contributed by atoms with Gasteiger partial charge in [-0.3, -0.25) is 9.59 Å². The van der Waals surface area contributed by atoms with Gasteiger partial charge in [-0.05, 0) is 41.5 Å². The van der Waals surface area contributed by atoms with E-state index in [9.17, 15) is 22.8 Å². The normalized spacial score (nSPS) is 11.3. The van der Waals surface area contributed by atoms with Crippen LogP contribution in [-0.4, -0.2) is 11.8 Å². The van der Waals surface area contributed by atoms with E-state index in [0.717, 1.165) is 12.1 Å². The Kier molecular flexibility index (Phi) is 6.49. The Morgan fingerprint density at radius 1 is 0.765 bits per heavy atom. The summed E-state index contributed by atoms with van der Waals surface area (Å²) in [5.74, 6) is -2.17. The molecule has 5 nitrogen and oxygen atoms in total. The number of benzene rings is 3. The number of amides is 2. The number of rotatable bonds is 6. The van der Waals surface area contributed by atoms with Crippen LogP contribution in [0.3, 0.4) is 0 Å². The van der Waals surface area contributed by atoms with Crippen molar-refractivity contribution in [3.63, 3.8) is 0 Å². The van der Waals surface area contributed by atoms with Crippen LogP contribution in [0, 0.1) is 0 Å². The van der Waals surface area contributed by atoms with Crippen molar-refractivity contribution in [2.24, 2.45) is 0 Å². The van der Waals surface area contributed by atoms with Crippen LogP contribution in [0.2, 0.25) is 0 Å². The van der Waals surface area contributed by atoms with E-state index in [1.807, 2.05) is 0 Å². The van der Waals surface area contributed by atoms with Crippen LogP contribution in [0.1, 0.15) is 33.2 Å². The molecule has 2 amide bonds. The Bertz CT molecular complexity index is 1230. The molecule has 0 bridgehead atoms. The molecule has 0 aliphatic heterocycles. The lowest BCUT2D eigenvalue weighted by Gasteiger charge is -2.20. The predicted octanol–water partition coefficient (Wildman–Crippen LogP) is 6.32. The summed E-state index contributed by atoms with van der Waals surface area (Å²) >= 11 is 0. The van der Waals surface area contributed by atoms with E-state index in [4.69, 9.17) is 4.42 Å². The molecule has 172 valence electrons. The van der Waals surface area contributed by atoms with E-state index < -0.39 is 35.2 Å². The van der Waals surface area contributed by atoms with E-state index in [1.54, 1.807) is 60.7 Å². The van der Waals surface area contributed by atoms with Crippen LogP contribution < -0.4 is 10.6 Å². The Morgan fingerprint density at radius 2 is 1.38 bits per heavy atom. The molecular formula is C26H19F3N2O3. The maximum Gasteiger partial charge on any atom is 0.418 e. The summed E-state index contributed by atoms with van der Waals surface area (Å²) in [5, 5.41) is 4.80. The Hall–Kier alpha value is -4.33. The fourth-order valence-electron chi connectivity index (χ4n) is 3.56. The number of alkyl halides is 3. The molecular weight excluding hydrogens is 445 g/mol. The molecule has 0 spiro atoms. The zero-order chi connectivity index (χ0) is 24.1. The summed E-state index contributed by atoms with van der Waals surface area (Å²) in [6, 6.07) is 23.7. The highest BCUT2D eigenvalue weighted by Gasteiger charge is 2.35. The standard InChI is InChI=1S/C26H19F3N2O3/c27-26(28,29)20-16-19(30-24(32)22-12-7-15-34-22)13-14-21(20)31-25(33)23(17-8-3-1-4-9-17)18-10-5-2-6-11-18/h1-16,23H,(H,30,32)(H,31,33). The fourth-order valence-corrected chi connectivity index (χ4v) is 3.56. The number of furan rings is 1. The second-order valence-corrected chi connectivity index (χ2v) is 7.43. The smallest absolute Gasteiger partial charge is 0.418 e. The molecule has 0 atom stereocenters. The zero-order valence-corrected chi connectivity index (χ0v) is 17.7. The van der Waals surface area contributed by atoms with Crippen LogP contribution in [-0.2, 0) is 11.0 Å². The molecule has 1 aromatic heterocycles. The summed E-state index contributed by atoms with van der Waals surface area (Å²) in [4.78, 5) is 25.4. The highest BCUT2D eigenvalue weighted by atomic mass is 19.4. The Labute approximate surface area is 193 Å². The van der Waals surface area contributed by atoms with Crippen LogP contribution in [0.5, 0.6) is 0 Å². The maximum absolute atomic E-state index is 13.9. The van der Waals surface area contributed by atoms with Gasteiger partial charge in [-0.25, -0.2) is 0 Å². The van der Waals surface area contributed by atoms with E-state index >= 15 is 0 Å². The first-order valence-electron chi connectivity index (χ1n) is 10.3. The molecule has 4 rings (SSSR count). The van der Waals surface area contributed by atoms with Crippen molar-refractivity contribution in [3.05, 3.63) is 120 Å². The van der Waals surface area contributed by atoms with Gasteiger partial charge in [0.15, 0.2) is 5.76 Å². The van der Waals surface area contributed by atoms with Crippen LogP contribution in [0.4, 0.5) is 24.5 Å². The largest absolute Gasteiger partial charge is 0.459 e. The number of carbonyl (C=O) groups is 2. The van der Waals surface area contributed by atoms with Gasteiger partial charge in [0.2, 0.25) is 5.91 Å². The topological polar surface area (TPSA) is 71.3 Å². The second-order valence-electron chi connectivity index (χ2n) is 7.43. The third-order valence-corrected chi connectivity index (χ3v) is 5.11. The van der Waals surface area contributed by atoms with Crippen LogP contribution >= 0.6 is 0 Å². The number of hydrogen-bond acceptors (Lipinski definition) is 3. The molecule has 0 fully saturated rings. The summed E-state index contributed by atoms with van der Waals surface area (Å²) in [7, 11) is 0. The Balaban J connectivity index is 1.65. The van der Waals surface area contributed by atoms with E-state index in [2.05, 4.69) is 10.6 Å². The monoisotopic (exact) mass is 464 g/mol. The van der Waals surface area contributed by atoms with E-state index in [1.165, 1.54) is 24.5 Å². The quantitative estimate of drug-likeness (QED) is 0.351. The van der Waals surface area contributed by atoms with E-state index in [0.29, 0.717) is 11.1 Å². The molecule has 0 radical (unpaired) electrons. The van der Waals surface area contributed by atoms with Gasteiger partial charge in [0, 0.05) is 5.69 Å². The summed E-state index contributed by atoms with van der Waals surface area (Å²) in [6.45, 7) is 0. The number of nitrogens with one attached hydrogen (secondary N) is 2. The first-order chi connectivity index (χ1) is 16.3. The van der Waals surface area contributed by atoms with Crippen molar-refractivity contribution in [1.29, 1.82) is 0 Å². The van der Waals surface area contributed by atoms with Crippen LogP contribution in [0.25, 0.3) is 0 Å². The van der Waals surface area contributed by atoms with Gasteiger partial charge >= 0.3 is 6.18 Å². The van der Waals surface area contributed by atoms with Gasteiger partial charge in [0.25, 0.3) is 5.91 Å². The fraction of sp³-hybridized carbons (Fsp3) is 0.0769. The molecule has 34 heavy (non-hydrogen) atoms. The maximum atomic E-state index is 13.9. The molecule has 0 aliphatic rings. The third kappa shape index (κ3) is 5.17. The minimum atomic E-state index is -4.77.